The number of carbonyl (C=O) groups is 1. The maximum atomic E-state index is 12.7. The van der Waals surface area contributed by atoms with E-state index in [1.165, 1.54) is 4.31 Å². The average Bonchev–Trinajstić information content (AvgIpc) is 2.92. The highest BCUT2D eigenvalue weighted by molar-refractivity contribution is 7.92. The number of aryl methyl sites for hydroxylation is 1. The van der Waals surface area contributed by atoms with Crippen LogP contribution in [0.4, 0.5) is 5.69 Å². The van der Waals surface area contributed by atoms with Crippen LogP contribution in [0.25, 0.3) is 0 Å². The molecule has 0 spiro atoms. The highest BCUT2D eigenvalue weighted by Crippen LogP contribution is 2.33. The van der Waals surface area contributed by atoms with E-state index in [0.29, 0.717) is 24.6 Å². The van der Waals surface area contributed by atoms with Crippen LogP contribution in [-0.2, 0) is 21.2 Å². The summed E-state index contributed by atoms with van der Waals surface area (Å²) in [6, 6.07) is 14.8. The van der Waals surface area contributed by atoms with Crippen molar-refractivity contribution in [1.82, 2.24) is 5.32 Å². The Bertz CT molecular complexity index is 977. The van der Waals surface area contributed by atoms with Crippen LogP contribution in [0.1, 0.15) is 25.3 Å². The molecule has 2 aromatic rings. The van der Waals surface area contributed by atoms with Gasteiger partial charge in [0, 0.05) is 19.5 Å². The van der Waals surface area contributed by atoms with Crippen LogP contribution >= 0.6 is 0 Å². The van der Waals surface area contributed by atoms with Gasteiger partial charge in [-0.2, -0.15) is 0 Å². The van der Waals surface area contributed by atoms with E-state index in [0.717, 1.165) is 30.4 Å². The SMILES string of the molecule is CCOc1ccccc1CCCNC(=O)C1CCN(S(C)(=O)=O)c2ccccc2O1. The lowest BCUT2D eigenvalue weighted by atomic mass is 10.1. The van der Waals surface area contributed by atoms with Crippen LogP contribution in [-0.4, -0.2) is 46.4 Å². The maximum absolute atomic E-state index is 12.7. The van der Waals surface area contributed by atoms with E-state index in [1.54, 1.807) is 24.3 Å². The lowest BCUT2D eigenvalue weighted by Gasteiger charge is -2.20. The second-order valence-corrected chi connectivity index (χ2v) is 9.04. The van der Waals surface area contributed by atoms with Crippen LogP contribution in [0, 0.1) is 0 Å². The van der Waals surface area contributed by atoms with Crippen molar-refractivity contribution in [2.75, 3.05) is 30.3 Å². The van der Waals surface area contributed by atoms with Gasteiger partial charge >= 0.3 is 0 Å². The third-order valence-corrected chi connectivity index (χ3v) is 6.06. The number of carbonyl (C=O) groups excluding carboxylic acids is 1. The first kappa shape index (κ1) is 22.0. The second-order valence-electron chi connectivity index (χ2n) is 7.13. The number of para-hydroxylation sites is 3. The molecule has 7 nitrogen and oxygen atoms in total. The summed E-state index contributed by atoms with van der Waals surface area (Å²) >= 11 is 0. The van der Waals surface area contributed by atoms with E-state index >= 15 is 0 Å². The molecule has 1 aliphatic rings. The molecule has 1 amide bonds. The van der Waals surface area contributed by atoms with Crippen LogP contribution in [0.3, 0.4) is 0 Å². The van der Waals surface area contributed by atoms with E-state index in [-0.39, 0.29) is 18.9 Å². The monoisotopic (exact) mass is 432 g/mol. The first-order valence-corrected chi connectivity index (χ1v) is 12.0. The molecule has 1 N–H and O–H groups in total. The fraction of sp³-hybridized carbons (Fsp3) is 0.409. The average molecular weight is 433 g/mol. The molecule has 162 valence electrons. The number of rotatable bonds is 8. The number of amides is 1. The quantitative estimate of drug-likeness (QED) is 0.649. The van der Waals surface area contributed by atoms with Gasteiger partial charge in [0.05, 0.1) is 18.6 Å². The molecule has 0 fully saturated rings. The van der Waals surface area contributed by atoms with Crippen molar-refractivity contribution in [3.05, 3.63) is 54.1 Å². The number of sulfonamides is 1. The Morgan fingerprint density at radius 2 is 1.93 bits per heavy atom. The Kier molecular flexibility index (Phi) is 7.20. The minimum atomic E-state index is -3.46. The first-order chi connectivity index (χ1) is 14.4. The van der Waals surface area contributed by atoms with Crippen LogP contribution in [0.15, 0.2) is 48.5 Å². The largest absolute Gasteiger partial charge is 0.494 e. The summed E-state index contributed by atoms with van der Waals surface area (Å²) in [4.78, 5) is 12.7. The molecule has 1 unspecified atom stereocenters. The number of nitrogens with one attached hydrogen (secondary N) is 1. The van der Waals surface area contributed by atoms with Gasteiger partial charge in [-0.1, -0.05) is 30.3 Å². The van der Waals surface area contributed by atoms with Gasteiger partial charge in [-0.25, -0.2) is 8.42 Å². The smallest absolute Gasteiger partial charge is 0.261 e. The molecule has 1 aliphatic heterocycles. The minimum Gasteiger partial charge on any atom is -0.494 e. The molecule has 0 bridgehead atoms. The molecular weight excluding hydrogens is 404 g/mol. The van der Waals surface area contributed by atoms with E-state index in [4.69, 9.17) is 9.47 Å². The number of ether oxygens (including phenoxy) is 2. The zero-order valence-corrected chi connectivity index (χ0v) is 18.2. The first-order valence-electron chi connectivity index (χ1n) is 10.1. The number of nitrogens with zero attached hydrogens (tertiary/aromatic N) is 1. The zero-order chi connectivity index (χ0) is 21.6. The normalized spacial score (nSPS) is 16.2. The second kappa shape index (κ2) is 9.84. The van der Waals surface area contributed by atoms with Gasteiger partial charge in [-0.3, -0.25) is 9.10 Å². The van der Waals surface area contributed by atoms with Gasteiger partial charge in [0.15, 0.2) is 6.10 Å². The maximum Gasteiger partial charge on any atom is 0.261 e. The van der Waals surface area contributed by atoms with Gasteiger partial charge in [0.25, 0.3) is 5.91 Å². The Labute approximate surface area is 178 Å². The van der Waals surface area contributed by atoms with Crippen molar-refractivity contribution in [3.63, 3.8) is 0 Å². The summed E-state index contributed by atoms with van der Waals surface area (Å²) in [7, 11) is -3.46. The Morgan fingerprint density at radius 1 is 1.20 bits per heavy atom. The van der Waals surface area contributed by atoms with E-state index in [2.05, 4.69) is 5.32 Å². The van der Waals surface area contributed by atoms with E-state index < -0.39 is 16.1 Å². The van der Waals surface area contributed by atoms with E-state index in [1.807, 2.05) is 31.2 Å². The molecule has 30 heavy (non-hydrogen) atoms. The summed E-state index contributed by atoms with van der Waals surface area (Å²) in [6.07, 6.45) is 2.24. The van der Waals surface area contributed by atoms with Gasteiger partial charge in [0.2, 0.25) is 10.0 Å². The van der Waals surface area contributed by atoms with Gasteiger partial charge in [-0.05, 0) is 43.5 Å². The third-order valence-electron chi connectivity index (χ3n) is 4.88. The highest BCUT2D eigenvalue weighted by Gasteiger charge is 2.30. The molecule has 0 aromatic heterocycles. The minimum absolute atomic E-state index is 0.190. The van der Waals surface area contributed by atoms with Crippen molar-refractivity contribution in [1.29, 1.82) is 0 Å². The summed E-state index contributed by atoms with van der Waals surface area (Å²) in [5, 5.41) is 2.91. The predicted molar refractivity (Wildman–Crippen MR) is 117 cm³/mol. The van der Waals surface area contributed by atoms with E-state index in [9.17, 15) is 13.2 Å². The fourth-order valence-corrected chi connectivity index (χ4v) is 4.42. The Morgan fingerprint density at radius 3 is 2.70 bits per heavy atom. The number of fused-ring (bicyclic) bond motifs is 1. The Hall–Kier alpha value is -2.74. The van der Waals surface area contributed by atoms with Crippen molar-refractivity contribution >= 4 is 21.6 Å². The molecule has 0 aliphatic carbocycles. The van der Waals surface area contributed by atoms with Crippen molar-refractivity contribution < 1.29 is 22.7 Å². The van der Waals surface area contributed by atoms with Crippen LogP contribution < -0.4 is 19.1 Å². The predicted octanol–water partition coefficient (Wildman–Crippen LogP) is 2.75. The lowest BCUT2D eigenvalue weighted by Crippen LogP contribution is -2.40. The lowest BCUT2D eigenvalue weighted by molar-refractivity contribution is -0.128. The summed E-state index contributed by atoms with van der Waals surface area (Å²) in [5.74, 6) is 1.03. The van der Waals surface area contributed by atoms with Gasteiger partial charge < -0.3 is 14.8 Å². The number of anilines is 1. The number of hydrogen-bond donors (Lipinski definition) is 1. The van der Waals surface area contributed by atoms with Gasteiger partial charge in [-0.15, -0.1) is 0 Å². The van der Waals surface area contributed by atoms with Crippen LogP contribution in [0.2, 0.25) is 0 Å². The number of hydrogen-bond acceptors (Lipinski definition) is 5. The molecule has 8 heteroatoms. The molecule has 2 aromatic carbocycles. The molecule has 1 atom stereocenters. The molecule has 3 rings (SSSR count). The molecule has 0 saturated heterocycles. The summed E-state index contributed by atoms with van der Waals surface area (Å²) in [6.45, 7) is 3.25. The molecule has 0 radical (unpaired) electrons. The number of benzene rings is 2. The van der Waals surface area contributed by atoms with Crippen molar-refractivity contribution in [2.24, 2.45) is 0 Å². The molecule has 1 heterocycles. The highest BCUT2D eigenvalue weighted by atomic mass is 32.2. The molecular formula is C22H28N2O5S. The van der Waals surface area contributed by atoms with Crippen molar-refractivity contribution in [2.45, 2.75) is 32.3 Å². The Balaban J connectivity index is 1.58. The topological polar surface area (TPSA) is 84.9 Å². The standard InChI is InChI=1S/C22H28N2O5S/c1-3-28-19-12-6-4-9-17(19)10-8-15-23-22(25)21-14-16-24(30(2,26)27)18-11-5-7-13-20(18)29-21/h4-7,9,11-13,21H,3,8,10,14-16H2,1-2H3,(H,23,25). The molecule has 0 saturated carbocycles. The summed E-state index contributed by atoms with van der Waals surface area (Å²) in [5.41, 5.74) is 1.57. The van der Waals surface area contributed by atoms with Gasteiger partial charge in [0.1, 0.15) is 11.5 Å². The van der Waals surface area contributed by atoms with Crippen molar-refractivity contribution in [3.8, 4) is 11.5 Å². The fourth-order valence-electron chi connectivity index (χ4n) is 3.47. The summed E-state index contributed by atoms with van der Waals surface area (Å²) < 4.78 is 37.1. The zero-order valence-electron chi connectivity index (χ0n) is 17.3. The third kappa shape index (κ3) is 5.44. The van der Waals surface area contributed by atoms with Crippen LogP contribution in [0.5, 0.6) is 11.5 Å².